The number of anilines is 1. The van der Waals surface area contributed by atoms with E-state index in [2.05, 4.69) is 16.3 Å². The lowest BCUT2D eigenvalue weighted by Crippen LogP contribution is -2.12. The van der Waals surface area contributed by atoms with Crippen LogP contribution in [-0.4, -0.2) is 35.8 Å². The first-order valence-corrected chi connectivity index (χ1v) is 5.60. The Morgan fingerprint density at radius 2 is 2.22 bits per heavy atom. The van der Waals surface area contributed by atoms with Crippen molar-refractivity contribution in [2.75, 3.05) is 26.1 Å². The zero-order chi connectivity index (χ0) is 13.7. The van der Waals surface area contributed by atoms with Gasteiger partial charge in [0.2, 0.25) is 0 Å². The molecule has 1 heterocycles. The average molecular weight is 253 g/mol. The molecule has 0 saturated heterocycles. The number of carbonyl (C=O) groups is 1. The summed E-state index contributed by atoms with van der Waals surface area (Å²) >= 11 is 0. The molecule has 0 amide bonds. The molecule has 0 unspecified atom stereocenters. The van der Waals surface area contributed by atoms with E-state index in [-0.39, 0.29) is 5.69 Å². The van der Waals surface area contributed by atoms with Crippen LogP contribution < -0.4 is 5.73 Å². The van der Waals surface area contributed by atoms with Gasteiger partial charge in [0.1, 0.15) is 11.6 Å². The molecular formula is C12H19N3O3. The van der Waals surface area contributed by atoms with Crippen LogP contribution >= 0.6 is 0 Å². The van der Waals surface area contributed by atoms with Crippen molar-refractivity contribution in [1.82, 2.24) is 9.55 Å². The minimum atomic E-state index is -0.530. The summed E-state index contributed by atoms with van der Waals surface area (Å²) in [5, 5.41) is 0. The van der Waals surface area contributed by atoms with E-state index in [0.717, 1.165) is 5.57 Å². The van der Waals surface area contributed by atoms with Crippen LogP contribution in [-0.2, 0) is 16.0 Å². The molecule has 0 spiro atoms. The highest BCUT2D eigenvalue weighted by molar-refractivity contribution is 5.92. The van der Waals surface area contributed by atoms with E-state index in [9.17, 15) is 4.79 Å². The number of nitrogens with zero attached hydrogens (tertiary/aromatic N) is 2. The number of carbonyl (C=O) groups excluding carboxylic acids is 1. The van der Waals surface area contributed by atoms with Crippen molar-refractivity contribution < 1.29 is 14.3 Å². The summed E-state index contributed by atoms with van der Waals surface area (Å²) in [6, 6.07) is 0. The third kappa shape index (κ3) is 3.33. The number of esters is 1. The van der Waals surface area contributed by atoms with E-state index < -0.39 is 5.97 Å². The smallest absolute Gasteiger partial charge is 0.360 e. The van der Waals surface area contributed by atoms with Crippen molar-refractivity contribution >= 4 is 11.8 Å². The number of nitrogen functional groups attached to an aromatic ring is 1. The first-order valence-electron chi connectivity index (χ1n) is 5.60. The number of rotatable bonds is 6. The van der Waals surface area contributed by atoms with Crippen LogP contribution in [0, 0.1) is 6.92 Å². The summed E-state index contributed by atoms with van der Waals surface area (Å²) in [6.07, 6.45) is 0. The average Bonchev–Trinajstić information content (AvgIpc) is 2.60. The molecule has 6 heteroatoms. The quantitative estimate of drug-likeness (QED) is 0.467. The summed E-state index contributed by atoms with van der Waals surface area (Å²) in [7, 11) is 1.30. The van der Waals surface area contributed by atoms with Gasteiger partial charge >= 0.3 is 5.97 Å². The van der Waals surface area contributed by atoms with Gasteiger partial charge < -0.3 is 19.8 Å². The summed E-state index contributed by atoms with van der Waals surface area (Å²) < 4.78 is 11.7. The van der Waals surface area contributed by atoms with Gasteiger partial charge in [0.15, 0.2) is 5.69 Å². The molecule has 0 aromatic carbocycles. The van der Waals surface area contributed by atoms with Crippen LogP contribution in [0.3, 0.4) is 0 Å². The lowest BCUT2D eigenvalue weighted by atomic mass is 10.4. The molecule has 0 saturated carbocycles. The zero-order valence-corrected chi connectivity index (χ0v) is 11.0. The Kier molecular flexibility index (Phi) is 4.91. The fraction of sp³-hybridized carbons (Fsp3) is 0.500. The highest BCUT2D eigenvalue weighted by atomic mass is 16.5. The highest BCUT2D eigenvalue weighted by Gasteiger charge is 2.18. The number of nitrogens with two attached hydrogens (primary N) is 1. The van der Waals surface area contributed by atoms with Gasteiger partial charge in [-0.25, -0.2) is 9.78 Å². The molecule has 100 valence electrons. The molecule has 0 fully saturated rings. The number of ether oxygens (including phenoxy) is 2. The van der Waals surface area contributed by atoms with Crippen molar-refractivity contribution in [2.24, 2.45) is 0 Å². The Morgan fingerprint density at radius 3 is 2.78 bits per heavy atom. The van der Waals surface area contributed by atoms with E-state index >= 15 is 0 Å². The first-order chi connectivity index (χ1) is 8.47. The third-order valence-corrected chi connectivity index (χ3v) is 2.38. The molecule has 0 aliphatic carbocycles. The number of hydrogen-bond acceptors (Lipinski definition) is 5. The molecule has 0 bridgehead atoms. The van der Waals surface area contributed by atoms with E-state index in [1.807, 2.05) is 6.92 Å². The number of imidazole rings is 1. The predicted octanol–water partition coefficient (Wildman–Crippen LogP) is 1.15. The van der Waals surface area contributed by atoms with Gasteiger partial charge in [-0.05, 0) is 13.8 Å². The molecular weight excluding hydrogens is 234 g/mol. The molecule has 0 aliphatic heterocycles. The van der Waals surface area contributed by atoms with Gasteiger partial charge in [0.25, 0.3) is 0 Å². The van der Waals surface area contributed by atoms with Gasteiger partial charge in [-0.1, -0.05) is 12.2 Å². The van der Waals surface area contributed by atoms with Crippen LogP contribution in [0.15, 0.2) is 12.2 Å². The normalized spacial score (nSPS) is 10.4. The Balaban J connectivity index is 2.69. The molecule has 1 aromatic heterocycles. The maximum absolute atomic E-state index is 11.4. The largest absolute Gasteiger partial charge is 0.464 e. The van der Waals surface area contributed by atoms with Crippen molar-refractivity contribution in [3.05, 3.63) is 23.7 Å². The first kappa shape index (κ1) is 14.2. The molecule has 2 N–H and O–H groups in total. The minimum Gasteiger partial charge on any atom is -0.464 e. The van der Waals surface area contributed by atoms with Gasteiger partial charge in [-0.2, -0.15) is 0 Å². The second-order valence-electron chi connectivity index (χ2n) is 4.05. The van der Waals surface area contributed by atoms with E-state index in [1.54, 1.807) is 11.5 Å². The van der Waals surface area contributed by atoms with Crippen molar-refractivity contribution in [1.29, 1.82) is 0 Å². The van der Waals surface area contributed by atoms with Crippen molar-refractivity contribution in [3.63, 3.8) is 0 Å². The van der Waals surface area contributed by atoms with Gasteiger partial charge in [0.05, 0.1) is 20.3 Å². The summed E-state index contributed by atoms with van der Waals surface area (Å²) in [4.78, 5) is 15.5. The third-order valence-electron chi connectivity index (χ3n) is 2.38. The lowest BCUT2D eigenvalue weighted by molar-refractivity contribution is 0.0595. The maximum atomic E-state index is 11.4. The summed E-state index contributed by atoms with van der Waals surface area (Å²) in [6.45, 7) is 8.95. The van der Waals surface area contributed by atoms with Gasteiger partial charge in [-0.3, -0.25) is 0 Å². The Morgan fingerprint density at radius 1 is 1.56 bits per heavy atom. The Labute approximate surface area is 106 Å². The monoisotopic (exact) mass is 253 g/mol. The van der Waals surface area contributed by atoms with Crippen molar-refractivity contribution in [3.8, 4) is 0 Å². The topological polar surface area (TPSA) is 79.4 Å². The van der Waals surface area contributed by atoms with E-state index in [4.69, 9.17) is 10.5 Å². The molecule has 18 heavy (non-hydrogen) atoms. The van der Waals surface area contributed by atoms with Crippen LogP contribution in [0.1, 0.15) is 23.2 Å². The van der Waals surface area contributed by atoms with Gasteiger partial charge in [-0.15, -0.1) is 0 Å². The van der Waals surface area contributed by atoms with Crippen LogP contribution in [0.25, 0.3) is 0 Å². The molecule has 6 nitrogen and oxygen atoms in total. The molecule has 1 rings (SSSR count). The second-order valence-corrected chi connectivity index (χ2v) is 4.05. The predicted molar refractivity (Wildman–Crippen MR) is 68.3 cm³/mol. The van der Waals surface area contributed by atoms with Crippen LogP contribution in [0.5, 0.6) is 0 Å². The standard InChI is InChI=1S/C12H19N3O3/c1-8(2)7-18-6-5-15-9(3)14-10(11(15)13)12(16)17-4/h1,5-7,13H2,2-4H3. The van der Waals surface area contributed by atoms with Gasteiger partial charge in [0, 0.05) is 6.54 Å². The van der Waals surface area contributed by atoms with Crippen LogP contribution in [0.4, 0.5) is 5.82 Å². The van der Waals surface area contributed by atoms with Crippen LogP contribution in [0.2, 0.25) is 0 Å². The summed E-state index contributed by atoms with van der Waals surface area (Å²) in [5.74, 6) is 0.433. The highest BCUT2D eigenvalue weighted by Crippen LogP contribution is 2.14. The van der Waals surface area contributed by atoms with Crippen molar-refractivity contribution in [2.45, 2.75) is 20.4 Å². The molecule has 0 aliphatic rings. The maximum Gasteiger partial charge on any atom is 0.360 e. The summed E-state index contributed by atoms with van der Waals surface area (Å²) in [5.41, 5.74) is 6.96. The number of aryl methyl sites for hydroxylation is 1. The number of methoxy groups -OCH3 is 1. The number of aromatic nitrogens is 2. The Bertz CT molecular complexity index is 452. The zero-order valence-electron chi connectivity index (χ0n) is 11.0. The fourth-order valence-electron chi connectivity index (χ4n) is 1.51. The molecule has 0 radical (unpaired) electrons. The van der Waals surface area contributed by atoms with E-state index in [0.29, 0.717) is 31.4 Å². The minimum absolute atomic E-state index is 0.148. The second kappa shape index (κ2) is 6.20. The SMILES string of the molecule is C=C(C)COCCn1c(C)nc(C(=O)OC)c1N. The van der Waals surface area contributed by atoms with E-state index in [1.165, 1.54) is 7.11 Å². The fourth-order valence-corrected chi connectivity index (χ4v) is 1.51. The number of hydrogen-bond donors (Lipinski definition) is 1. The molecule has 1 aromatic rings. The Hall–Kier alpha value is -1.82. The lowest BCUT2D eigenvalue weighted by Gasteiger charge is -2.08. The molecule has 0 atom stereocenters.